The highest BCUT2D eigenvalue weighted by Crippen LogP contribution is 2.32. The fourth-order valence-corrected chi connectivity index (χ4v) is 4.91. The summed E-state index contributed by atoms with van der Waals surface area (Å²) in [7, 11) is -0.959. The fourth-order valence-electron chi connectivity index (χ4n) is 3.28. The molecule has 138 valence electrons. The van der Waals surface area contributed by atoms with E-state index in [1.807, 2.05) is 30.3 Å². The van der Waals surface area contributed by atoms with Crippen LogP contribution in [-0.2, 0) is 23.8 Å². The van der Waals surface area contributed by atoms with Crippen molar-refractivity contribution >= 4 is 34.3 Å². The Balaban J connectivity index is 1.52. The number of hydrogen-bond acceptors (Lipinski definition) is 3. The number of benzene rings is 3. The van der Waals surface area contributed by atoms with Gasteiger partial charge in [-0.25, -0.2) is 4.31 Å². The maximum Gasteiger partial charge on any atom is 0.0498 e. The highest BCUT2D eigenvalue weighted by atomic mass is 35.5. The van der Waals surface area contributed by atoms with E-state index in [0.717, 1.165) is 35.0 Å². The van der Waals surface area contributed by atoms with E-state index in [1.54, 1.807) is 18.2 Å². The van der Waals surface area contributed by atoms with Crippen LogP contribution in [0.25, 0.3) is 11.1 Å². The van der Waals surface area contributed by atoms with Crippen molar-refractivity contribution in [3.8, 4) is 11.1 Å². The zero-order chi connectivity index (χ0) is 18.8. The maximum atomic E-state index is 11.8. The van der Waals surface area contributed by atoms with Gasteiger partial charge in [-0.05, 0) is 77.0 Å². The van der Waals surface area contributed by atoms with E-state index >= 15 is 0 Å². The van der Waals surface area contributed by atoms with Gasteiger partial charge in [-0.1, -0.05) is 41.9 Å². The van der Waals surface area contributed by atoms with Crippen molar-refractivity contribution < 1.29 is 4.21 Å². The molecule has 0 aromatic heterocycles. The van der Waals surface area contributed by atoms with Crippen LogP contribution in [0.1, 0.15) is 11.1 Å². The lowest BCUT2D eigenvalue weighted by atomic mass is 9.95. The molecule has 3 aromatic rings. The van der Waals surface area contributed by atoms with Crippen LogP contribution in [-0.4, -0.2) is 21.3 Å². The van der Waals surface area contributed by atoms with Gasteiger partial charge in [0.2, 0.25) is 0 Å². The van der Waals surface area contributed by atoms with Gasteiger partial charge in [0.05, 0.1) is 0 Å². The average Bonchev–Trinajstić information content (AvgIpc) is 2.69. The molecule has 2 nitrogen and oxygen atoms in total. The second kappa shape index (κ2) is 8.19. The summed E-state index contributed by atoms with van der Waals surface area (Å²) in [6.45, 7) is 1.95. The zero-order valence-electron chi connectivity index (χ0n) is 15.0. The number of nitrogens with zero attached hydrogens (tertiary/aromatic N) is 1. The topological polar surface area (TPSA) is 20.3 Å². The van der Waals surface area contributed by atoms with Gasteiger partial charge in [0, 0.05) is 45.0 Å². The largest absolute Gasteiger partial charge is 0.255 e. The van der Waals surface area contributed by atoms with Gasteiger partial charge in [-0.3, -0.25) is 4.21 Å². The predicted octanol–water partition coefficient (Wildman–Crippen LogP) is 5.81. The molecule has 1 aliphatic heterocycles. The van der Waals surface area contributed by atoms with Gasteiger partial charge in [0.25, 0.3) is 0 Å². The molecular weight excluding hydrogens is 394 g/mol. The van der Waals surface area contributed by atoms with E-state index in [1.165, 1.54) is 21.6 Å². The Morgan fingerprint density at radius 1 is 0.963 bits per heavy atom. The van der Waals surface area contributed by atoms with E-state index in [-0.39, 0.29) is 0 Å². The first-order valence-corrected chi connectivity index (χ1v) is 11.5. The molecule has 0 saturated carbocycles. The van der Waals surface area contributed by atoms with E-state index in [4.69, 9.17) is 11.6 Å². The Hall–Kier alpha value is -1.59. The summed E-state index contributed by atoms with van der Waals surface area (Å²) in [5.41, 5.74) is 5.11. The van der Waals surface area contributed by atoms with E-state index in [0.29, 0.717) is 0 Å². The van der Waals surface area contributed by atoms with Gasteiger partial charge in [0.1, 0.15) is 0 Å². The quantitative estimate of drug-likeness (QED) is 0.503. The fraction of sp³-hybridized carbons (Fsp3) is 0.182. The molecule has 0 saturated heterocycles. The second-order valence-electron chi connectivity index (χ2n) is 6.62. The zero-order valence-corrected chi connectivity index (χ0v) is 17.4. The first kappa shape index (κ1) is 18.8. The summed E-state index contributed by atoms with van der Waals surface area (Å²) in [6, 6.07) is 22.7. The molecule has 0 aliphatic carbocycles. The lowest BCUT2D eigenvalue weighted by Crippen LogP contribution is -2.24. The third-order valence-corrected chi connectivity index (χ3v) is 6.95. The monoisotopic (exact) mass is 413 g/mol. The summed E-state index contributed by atoms with van der Waals surface area (Å²) in [5.74, 6) is 0. The van der Waals surface area contributed by atoms with Crippen molar-refractivity contribution in [3.63, 3.8) is 0 Å². The third kappa shape index (κ3) is 4.46. The highest BCUT2D eigenvalue weighted by Gasteiger charge is 2.18. The van der Waals surface area contributed by atoms with Crippen LogP contribution in [0, 0.1) is 0 Å². The Morgan fingerprint density at radius 3 is 2.52 bits per heavy atom. The van der Waals surface area contributed by atoms with Crippen molar-refractivity contribution in [1.82, 2.24) is 4.31 Å². The summed E-state index contributed by atoms with van der Waals surface area (Å²) in [4.78, 5) is 2.08. The van der Waals surface area contributed by atoms with Crippen molar-refractivity contribution in [2.24, 2.45) is 0 Å². The first-order valence-electron chi connectivity index (χ1n) is 8.83. The minimum Gasteiger partial charge on any atom is -0.255 e. The van der Waals surface area contributed by atoms with Crippen molar-refractivity contribution in [1.29, 1.82) is 0 Å². The van der Waals surface area contributed by atoms with Crippen LogP contribution in [0.5, 0.6) is 0 Å². The first-order chi connectivity index (χ1) is 13.1. The predicted molar refractivity (Wildman–Crippen MR) is 116 cm³/mol. The summed E-state index contributed by atoms with van der Waals surface area (Å²) < 4.78 is 14.2. The lowest BCUT2D eigenvalue weighted by molar-refractivity contribution is 0.444. The van der Waals surface area contributed by atoms with E-state index < -0.39 is 10.8 Å². The Kier molecular flexibility index (Phi) is 5.69. The van der Waals surface area contributed by atoms with Crippen molar-refractivity contribution in [2.45, 2.75) is 22.8 Å². The van der Waals surface area contributed by atoms with Crippen molar-refractivity contribution in [2.75, 3.05) is 12.8 Å². The van der Waals surface area contributed by atoms with Gasteiger partial charge in [-0.15, -0.1) is 0 Å². The van der Waals surface area contributed by atoms with Gasteiger partial charge in [-0.2, -0.15) is 0 Å². The SMILES string of the molecule is CS(=O)c1cccc(-c2ccc3c(c2)CCN(Sc2ccc(Cl)cc2)C3)c1. The second-order valence-corrected chi connectivity index (χ2v) is 9.61. The number of halogens is 1. The highest BCUT2D eigenvalue weighted by molar-refractivity contribution is 7.97. The molecule has 1 unspecified atom stereocenters. The van der Waals surface area contributed by atoms with E-state index in [2.05, 4.69) is 40.7 Å². The Bertz CT molecular complexity index is 988. The average molecular weight is 414 g/mol. The minimum absolute atomic E-state index is 0.770. The van der Waals surface area contributed by atoms with Crippen molar-refractivity contribution in [3.05, 3.63) is 82.9 Å². The van der Waals surface area contributed by atoms with Crippen LogP contribution >= 0.6 is 23.5 Å². The molecule has 1 heterocycles. The number of hydrogen-bond donors (Lipinski definition) is 0. The van der Waals surface area contributed by atoms with Crippen LogP contribution in [0.4, 0.5) is 0 Å². The molecule has 0 fully saturated rings. The normalized spacial score (nSPS) is 15.3. The lowest BCUT2D eigenvalue weighted by Gasteiger charge is -2.28. The molecule has 1 atom stereocenters. The molecular formula is C22H20ClNOS2. The summed E-state index contributed by atoms with van der Waals surface area (Å²) in [5, 5.41) is 0.770. The van der Waals surface area contributed by atoms with Crippen LogP contribution in [0.15, 0.2) is 76.5 Å². The minimum atomic E-state index is -0.959. The molecule has 0 N–H and O–H groups in total. The van der Waals surface area contributed by atoms with Gasteiger partial charge >= 0.3 is 0 Å². The molecule has 0 amide bonds. The summed E-state index contributed by atoms with van der Waals surface area (Å²) >= 11 is 7.76. The molecule has 0 bridgehead atoms. The Labute approximate surface area is 172 Å². The van der Waals surface area contributed by atoms with Gasteiger partial charge in [0.15, 0.2) is 0 Å². The van der Waals surface area contributed by atoms with Crippen LogP contribution in [0.2, 0.25) is 5.02 Å². The molecule has 27 heavy (non-hydrogen) atoms. The van der Waals surface area contributed by atoms with Gasteiger partial charge < -0.3 is 0 Å². The van der Waals surface area contributed by atoms with Crippen LogP contribution in [0.3, 0.4) is 0 Å². The molecule has 0 spiro atoms. The summed E-state index contributed by atoms with van der Waals surface area (Å²) in [6.07, 6.45) is 2.75. The van der Waals surface area contributed by atoms with Crippen LogP contribution < -0.4 is 0 Å². The number of fused-ring (bicyclic) bond motifs is 1. The molecule has 3 aromatic carbocycles. The Morgan fingerprint density at radius 2 is 1.74 bits per heavy atom. The molecule has 5 heteroatoms. The molecule has 1 aliphatic rings. The van der Waals surface area contributed by atoms with E-state index in [9.17, 15) is 4.21 Å². The smallest absolute Gasteiger partial charge is 0.0498 e. The number of rotatable bonds is 4. The maximum absolute atomic E-state index is 11.8. The molecule has 0 radical (unpaired) electrons. The standard InChI is InChI=1S/C22H20ClNOS2/c1-27(25)22-4-2-3-16(14-22)17-5-6-19-15-24(12-11-18(19)13-17)26-21-9-7-20(23)8-10-21/h2-10,13-14H,11-12,15H2,1H3. The third-order valence-electron chi connectivity index (χ3n) is 4.73. The molecule has 4 rings (SSSR count).